The molecule has 4 nitrogen and oxygen atoms in total. The number of likely N-dealkylation sites (tertiary alicyclic amines) is 1. The topological polar surface area (TPSA) is 49.4 Å². The lowest BCUT2D eigenvalue weighted by atomic mass is 9.95. The lowest BCUT2D eigenvalue weighted by molar-refractivity contribution is -0.126. The summed E-state index contributed by atoms with van der Waals surface area (Å²) in [4.78, 5) is 26.6. The number of aryl methyl sites for hydroxylation is 1. The number of carbonyl (C=O) groups is 2. The molecule has 1 aliphatic rings. The van der Waals surface area contributed by atoms with Gasteiger partial charge < -0.3 is 10.2 Å². The molecule has 0 spiro atoms. The summed E-state index contributed by atoms with van der Waals surface area (Å²) in [7, 11) is 0. The van der Waals surface area contributed by atoms with Crippen molar-refractivity contribution in [3.05, 3.63) is 35.4 Å². The normalized spacial score (nSPS) is 15.7. The molecule has 0 radical (unpaired) electrons. The molecule has 2 rings (SSSR count). The SMILES string of the molecule is Cc1ccccc1C(=O)N1CCC(C(=O)NCCC(C)C)CC1. The van der Waals surface area contributed by atoms with Gasteiger partial charge >= 0.3 is 0 Å². The van der Waals surface area contributed by atoms with Crippen molar-refractivity contribution in [1.82, 2.24) is 10.2 Å². The number of nitrogens with zero attached hydrogens (tertiary/aromatic N) is 1. The van der Waals surface area contributed by atoms with Gasteiger partial charge in [0.2, 0.25) is 5.91 Å². The summed E-state index contributed by atoms with van der Waals surface area (Å²) in [6.07, 6.45) is 2.52. The Morgan fingerprint density at radius 1 is 1.22 bits per heavy atom. The van der Waals surface area contributed by atoms with Crippen molar-refractivity contribution in [3.8, 4) is 0 Å². The molecule has 0 aromatic heterocycles. The van der Waals surface area contributed by atoms with E-state index in [1.54, 1.807) is 0 Å². The first-order valence-electron chi connectivity index (χ1n) is 8.61. The van der Waals surface area contributed by atoms with Crippen LogP contribution in [0.25, 0.3) is 0 Å². The Bertz CT molecular complexity index is 546. The maximum atomic E-state index is 12.6. The van der Waals surface area contributed by atoms with Crippen LogP contribution in [0.2, 0.25) is 0 Å². The third kappa shape index (κ3) is 4.81. The molecule has 1 saturated heterocycles. The fourth-order valence-corrected chi connectivity index (χ4v) is 2.96. The molecule has 0 atom stereocenters. The van der Waals surface area contributed by atoms with Gasteiger partial charge in [-0.1, -0.05) is 32.0 Å². The van der Waals surface area contributed by atoms with Gasteiger partial charge in [-0.15, -0.1) is 0 Å². The third-order valence-corrected chi connectivity index (χ3v) is 4.55. The number of piperidine rings is 1. The Labute approximate surface area is 139 Å². The molecular weight excluding hydrogens is 288 g/mol. The Balaban J connectivity index is 1.83. The smallest absolute Gasteiger partial charge is 0.254 e. The van der Waals surface area contributed by atoms with Crippen LogP contribution in [-0.2, 0) is 4.79 Å². The van der Waals surface area contributed by atoms with Crippen LogP contribution in [0.5, 0.6) is 0 Å². The van der Waals surface area contributed by atoms with E-state index < -0.39 is 0 Å². The highest BCUT2D eigenvalue weighted by molar-refractivity contribution is 5.95. The van der Waals surface area contributed by atoms with Gasteiger partial charge in [0.05, 0.1) is 0 Å². The zero-order valence-electron chi connectivity index (χ0n) is 14.5. The van der Waals surface area contributed by atoms with Gasteiger partial charge in [0, 0.05) is 31.1 Å². The van der Waals surface area contributed by atoms with E-state index in [1.807, 2.05) is 36.1 Å². The second-order valence-corrected chi connectivity index (χ2v) is 6.85. The van der Waals surface area contributed by atoms with Crippen LogP contribution < -0.4 is 5.32 Å². The van der Waals surface area contributed by atoms with Gasteiger partial charge in [-0.2, -0.15) is 0 Å². The number of hydrogen-bond donors (Lipinski definition) is 1. The average molecular weight is 316 g/mol. The molecule has 126 valence electrons. The zero-order chi connectivity index (χ0) is 16.8. The fourth-order valence-electron chi connectivity index (χ4n) is 2.96. The predicted octanol–water partition coefficient (Wildman–Crippen LogP) is 3.01. The van der Waals surface area contributed by atoms with E-state index in [2.05, 4.69) is 19.2 Å². The van der Waals surface area contributed by atoms with Crippen LogP contribution in [-0.4, -0.2) is 36.3 Å². The molecule has 1 aliphatic heterocycles. The molecule has 0 bridgehead atoms. The Kier molecular flexibility index (Phi) is 6.20. The second-order valence-electron chi connectivity index (χ2n) is 6.85. The Morgan fingerprint density at radius 2 is 1.87 bits per heavy atom. The summed E-state index contributed by atoms with van der Waals surface area (Å²) in [6.45, 7) is 8.34. The molecule has 1 aromatic carbocycles. The first-order chi connectivity index (χ1) is 11.0. The lowest BCUT2D eigenvalue weighted by Gasteiger charge is -2.31. The summed E-state index contributed by atoms with van der Waals surface area (Å²) in [5.74, 6) is 0.877. The monoisotopic (exact) mass is 316 g/mol. The molecule has 23 heavy (non-hydrogen) atoms. The molecule has 1 aromatic rings. The average Bonchev–Trinajstić information content (AvgIpc) is 2.54. The number of benzene rings is 1. The Hall–Kier alpha value is -1.84. The van der Waals surface area contributed by atoms with E-state index in [-0.39, 0.29) is 17.7 Å². The summed E-state index contributed by atoms with van der Waals surface area (Å²) in [6, 6.07) is 7.68. The maximum absolute atomic E-state index is 12.6. The molecule has 0 saturated carbocycles. The summed E-state index contributed by atoms with van der Waals surface area (Å²) in [5.41, 5.74) is 1.78. The minimum Gasteiger partial charge on any atom is -0.356 e. The number of rotatable bonds is 5. The number of nitrogens with one attached hydrogen (secondary N) is 1. The van der Waals surface area contributed by atoms with E-state index in [9.17, 15) is 9.59 Å². The minimum absolute atomic E-state index is 0.0445. The predicted molar refractivity (Wildman–Crippen MR) is 92.3 cm³/mol. The van der Waals surface area contributed by atoms with Crippen LogP contribution in [0.3, 0.4) is 0 Å². The van der Waals surface area contributed by atoms with Gasteiger partial charge in [-0.05, 0) is 43.7 Å². The van der Waals surface area contributed by atoms with E-state index in [1.165, 1.54) is 0 Å². The molecular formula is C19H28N2O2. The molecule has 1 heterocycles. The lowest BCUT2D eigenvalue weighted by Crippen LogP contribution is -2.43. The zero-order valence-corrected chi connectivity index (χ0v) is 14.5. The van der Waals surface area contributed by atoms with Crippen molar-refractivity contribution in [2.75, 3.05) is 19.6 Å². The van der Waals surface area contributed by atoms with Crippen LogP contribution >= 0.6 is 0 Å². The van der Waals surface area contributed by atoms with E-state index in [0.29, 0.717) is 19.0 Å². The van der Waals surface area contributed by atoms with Crippen LogP contribution in [0.15, 0.2) is 24.3 Å². The van der Waals surface area contributed by atoms with Crippen molar-refractivity contribution in [1.29, 1.82) is 0 Å². The standard InChI is InChI=1S/C19H28N2O2/c1-14(2)8-11-20-18(22)16-9-12-21(13-10-16)19(23)17-7-5-4-6-15(17)3/h4-7,14,16H,8-13H2,1-3H3,(H,20,22). The second kappa shape index (κ2) is 8.14. The quantitative estimate of drug-likeness (QED) is 0.908. The highest BCUT2D eigenvalue weighted by Gasteiger charge is 2.28. The number of carbonyl (C=O) groups excluding carboxylic acids is 2. The highest BCUT2D eigenvalue weighted by Crippen LogP contribution is 2.20. The first-order valence-corrected chi connectivity index (χ1v) is 8.61. The molecule has 0 unspecified atom stereocenters. The first kappa shape index (κ1) is 17.5. The largest absolute Gasteiger partial charge is 0.356 e. The third-order valence-electron chi connectivity index (χ3n) is 4.55. The van der Waals surface area contributed by atoms with Crippen molar-refractivity contribution in [2.24, 2.45) is 11.8 Å². The van der Waals surface area contributed by atoms with E-state index >= 15 is 0 Å². The van der Waals surface area contributed by atoms with Crippen LogP contribution in [0.4, 0.5) is 0 Å². The van der Waals surface area contributed by atoms with Crippen molar-refractivity contribution < 1.29 is 9.59 Å². The van der Waals surface area contributed by atoms with Crippen LogP contribution in [0.1, 0.15) is 49.0 Å². The summed E-state index contributed by atoms with van der Waals surface area (Å²) < 4.78 is 0. The van der Waals surface area contributed by atoms with Crippen molar-refractivity contribution >= 4 is 11.8 Å². The molecule has 4 heteroatoms. The van der Waals surface area contributed by atoms with Crippen LogP contribution in [0, 0.1) is 18.8 Å². The van der Waals surface area contributed by atoms with Gasteiger partial charge in [0.1, 0.15) is 0 Å². The van der Waals surface area contributed by atoms with E-state index in [0.717, 1.165) is 36.9 Å². The van der Waals surface area contributed by atoms with Gasteiger partial charge in [0.15, 0.2) is 0 Å². The maximum Gasteiger partial charge on any atom is 0.254 e. The molecule has 1 fully saturated rings. The van der Waals surface area contributed by atoms with Gasteiger partial charge in [-0.25, -0.2) is 0 Å². The molecule has 1 N–H and O–H groups in total. The van der Waals surface area contributed by atoms with Crippen molar-refractivity contribution in [3.63, 3.8) is 0 Å². The summed E-state index contributed by atoms with van der Waals surface area (Å²) >= 11 is 0. The van der Waals surface area contributed by atoms with Crippen molar-refractivity contribution in [2.45, 2.75) is 40.0 Å². The highest BCUT2D eigenvalue weighted by atomic mass is 16.2. The molecule has 0 aliphatic carbocycles. The number of amides is 2. The van der Waals surface area contributed by atoms with E-state index in [4.69, 9.17) is 0 Å². The van der Waals surface area contributed by atoms with Gasteiger partial charge in [-0.3, -0.25) is 9.59 Å². The number of hydrogen-bond acceptors (Lipinski definition) is 2. The fraction of sp³-hybridized carbons (Fsp3) is 0.579. The Morgan fingerprint density at radius 3 is 2.48 bits per heavy atom. The van der Waals surface area contributed by atoms with Gasteiger partial charge in [0.25, 0.3) is 5.91 Å². The molecule has 2 amide bonds. The minimum atomic E-state index is 0.0445. The summed E-state index contributed by atoms with van der Waals surface area (Å²) in [5, 5.41) is 3.03.